The van der Waals surface area contributed by atoms with Crippen LogP contribution in [0.2, 0.25) is 0 Å². The number of halogens is 1. The molecular weight excluding hydrogens is 392 g/mol. The molecule has 1 aliphatic heterocycles. The van der Waals surface area contributed by atoms with Gasteiger partial charge in [-0.2, -0.15) is 0 Å². The number of carbonyl (C=O) groups is 3. The van der Waals surface area contributed by atoms with Crippen molar-refractivity contribution in [2.24, 2.45) is 0 Å². The number of rotatable bonds is 6. The Hall–Kier alpha value is -1.98. The van der Waals surface area contributed by atoms with Gasteiger partial charge < -0.3 is 5.32 Å². The second-order valence-electron chi connectivity index (χ2n) is 4.66. The van der Waals surface area contributed by atoms with Crippen molar-refractivity contribution in [3.05, 3.63) is 28.7 Å². The van der Waals surface area contributed by atoms with Crippen LogP contribution < -0.4 is 20.9 Å². The van der Waals surface area contributed by atoms with Crippen LogP contribution in [-0.2, 0) is 19.6 Å². The standard InChI is InChI=1S/C12H13BrN4O5S/c13-7-1-3-8(4-2-7)23(21,22)17-16-10(18)6-5-9-11(19)15-12(20)14-9/h1-4,9,17H,5-6H2,(H,16,18)(H2,14,15,19,20)/t9-/m0/s1. The third kappa shape index (κ3) is 4.74. The number of carbonyl (C=O) groups excluding carboxylic acids is 3. The van der Waals surface area contributed by atoms with E-state index in [1.807, 2.05) is 10.1 Å². The molecule has 23 heavy (non-hydrogen) atoms. The lowest BCUT2D eigenvalue weighted by Crippen LogP contribution is -2.42. The van der Waals surface area contributed by atoms with Gasteiger partial charge >= 0.3 is 6.03 Å². The topological polar surface area (TPSA) is 133 Å². The van der Waals surface area contributed by atoms with Crippen molar-refractivity contribution in [3.63, 3.8) is 0 Å². The summed E-state index contributed by atoms with van der Waals surface area (Å²) >= 11 is 3.19. The third-order valence-electron chi connectivity index (χ3n) is 2.97. The number of urea groups is 1. The average Bonchev–Trinajstić information content (AvgIpc) is 2.81. The van der Waals surface area contributed by atoms with Crippen LogP contribution >= 0.6 is 15.9 Å². The predicted molar refractivity (Wildman–Crippen MR) is 82.3 cm³/mol. The lowest BCUT2D eigenvalue weighted by molar-refractivity contribution is -0.122. The molecule has 4 amide bonds. The normalized spacial score (nSPS) is 17.5. The van der Waals surface area contributed by atoms with Gasteiger partial charge in [-0.1, -0.05) is 15.9 Å². The van der Waals surface area contributed by atoms with E-state index >= 15 is 0 Å². The Kier molecular flexibility index (Phi) is 5.34. The van der Waals surface area contributed by atoms with Crippen LogP contribution in [-0.4, -0.2) is 32.3 Å². The van der Waals surface area contributed by atoms with Crippen molar-refractivity contribution >= 4 is 43.8 Å². The number of hydrogen-bond acceptors (Lipinski definition) is 5. The van der Waals surface area contributed by atoms with Crippen molar-refractivity contribution in [3.8, 4) is 0 Å². The summed E-state index contributed by atoms with van der Waals surface area (Å²) in [5, 5.41) is 4.38. The Morgan fingerprint density at radius 3 is 2.43 bits per heavy atom. The van der Waals surface area contributed by atoms with Gasteiger partial charge in [-0.3, -0.25) is 20.3 Å². The molecule has 2 rings (SSSR count). The van der Waals surface area contributed by atoms with Crippen molar-refractivity contribution in [2.75, 3.05) is 0 Å². The van der Waals surface area contributed by atoms with Gasteiger partial charge in [0.2, 0.25) is 5.91 Å². The zero-order valence-electron chi connectivity index (χ0n) is 11.6. The van der Waals surface area contributed by atoms with Gasteiger partial charge in [0, 0.05) is 10.9 Å². The lowest BCUT2D eigenvalue weighted by atomic mass is 10.1. The number of amides is 4. The molecule has 124 valence electrons. The summed E-state index contributed by atoms with van der Waals surface area (Å²) in [6, 6.07) is 4.44. The Balaban J connectivity index is 1.83. The summed E-state index contributed by atoms with van der Waals surface area (Å²) in [5.74, 6) is -1.14. The van der Waals surface area contributed by atoms with Gasteiger partial charge in [0.15, 0.2) is 0 Å². The van der Waals surface area contributed by atoms with Crippen LogP contribution in [0.4, 0.5) is 4.79 Å². The number of nitrogens with one attached hydrogen (secondary N) is 4. The maximum atomic E-state index is 11.9. The first kappa shape index (κ1) is 17.4. The molecule has 0 bridgehead atoms. The first-order valence-corrected chi connectivity index (χ1v) is 8.73. The summed E-state index contributed by atoms with van der Waals surface area (Å²) in [4.78, 5) is 35.8. The quantitative estimate of drug-likeness (QED) is 0.383. The van der Waals surface area contributed by atoms with E-state index in [0.29, 0.717) is 0 Å². The van der Waals surface area contributed by atoms with Crippen molar-refractivity contribution < 1.29 is 22.8 Å². The third-order valence-corrected chi connectivity index (χ3v) is 4.76. The van der Waals surface area contributed by atoms with E-state index in [9.17, 15) is 22.8 Å². The molecule has 0 spiro atoms. The molecule has 9 nitrogen and oxygen atoms in total. The van der Waals surface area contributed by atoms with Gasteiger partial charge in [0.25, 0.3) is 15.9 Å². The van der Waals surface area contributed by atoms with Crippen LogP contribution in [0.25, 0.3) is 0 Å². The Labute approximate surface area is 140 Å². The lowest BCUT2D eigenvalue weighted by Gasteiger charge is -2.10. The second-order valence-corrected chi connectivity index (χ2v) is 7.26. The number of imide groups is 1. The van der Waals surface area contributed by atoms with Crippen LogP contribution in [0, 0.1) is 0 Å². The highest BCUT2D eigenvalue weighted by Gasteiger charge is 2.29. The molecule has 1 heterocycles. The fourth-order valence-corrected chi connectivity index (χ4v) is 2.92. The molecule has 1 aromatic carbocycles. The summed E-state index contributed by atoms with van der Waals surface area (Å²) in [6.45, 7) is 0. The number of hydrogen-bond donors (Lipinski definition) is 4. The van der Waals surface area contributed by atoms with E-state index in [4.69, 9.17) is 0 Å². The summed E-state index contributed by atoms with van der Waals surface area (Å²) in [6.07, 6.45) is -0.0787. The number of benzene rings is 1. The maximum absolute atomic E-state index is 11.9. The zero-order chi connectivity index (χ0) is 17.0. The Morgan fingerprint density at radius 1 is 1.22 bits per heavy atom. The number of sulfonamides is 1. The van der Waals surface area contributed by atoms with Crippen LogP contribution in [0.5, 0.6) is 0 Å². The van der Waals surface area contributed by atoms with E-state index < -0.39 is 33.9 Å². The van der Waals surface area contributed by atoms with E-state index in [-0.39, 0.29) is 17.7 Å². The monoisotopic (exact) mass is 404 g/mol. The summed E-state index contributed by atoms with van der Waals surface area (Å²) in [7, 11) is -3.88. The van der Waals surface area contributed by atoms with E-state index in [1.54, 1.807) is 12.1 Å². The van der Waals surface area contributed by atoms with Gasteiger partial charge in [-0.05, 0) is 30.7 Å². The van der Waals surface area contributed by atoms with Gasteiger partial charge in [-0.25, -0.2) is 13.2 Å². The maximum Gasteiger partial charge on any atom is 0.322 e. The smallest absolute Gasteiger partial charge is 0.322 e. The molecule has 1 aromatic rings. The highest BCUT2D eigenvalue weighted by molar-refractivity contribution is 9.10. The van der Waals surface area contributed by atoms with Gasteiger partial charge in [-0.15, -0.1) is 4.83 Å². The Bertz CT molecular complexity index is 734. The van der Waals surface area contributed by atoms with Gasteiger partial charge in [0.1, 0.15) is 6.04 Å². The van der Waals surface area contributed by atoms with Crippen molar-refractivity contribution in [2.45, 2.75) is 23.8 Å². The van der Waals surface area contributed by atoms with Crippen LogP contribution in [0.3, 0.4) is 0 Å². The summed E-state index contributed by atoms with van der Waals surface area (Å²) < 4.78 is 24.6. The van der Waals surface area contributed by atoms with E-state index in [1.165, 1.54) is 12.1 Å². The number of hydrazine groups is 1. The molecule has 0 unspecified atom stereocenters. The summed E-state index contributed by atoms with van der Waals surface area (Å²) in [5.41, 5.74) is 2.05. The fraction of sp³-hybridized carbons (Fsp3) is 0.250. The SMILES string of the molecule is O=C(CC[C@@H]1NC(=O)NC1=O)NNS(=O)(=O)c1ccc(Br)cc1. The molecule has 1 saturated heterocycles. The molecule has 1 aliphatic rings. The van der Waals surface area contributed by atoms with Gasteiger partial charge in [0.05, 0.1) is 4.90 Å². The minimum Gasteiger partial charge on any atom is -0.326 e. The first-order chi connectivity index (χ1) is 10.8. The first-order valence-electron chi connectivity index (χ1n) is 6.45. The molecule has 1 fully saturated rings. The van der Waals surface area contributed by atoms with Crippen molar-refractivity contribution in [1.82, 2.24) is 20.9 Å². The highest BCUT2D eigenvalue weighted by atomic mass is 79.9. The van der Waals surface area contributed by atoms with Crippen molar-refractivity contribution in [1.29, 1.82) is 0 Å². The molecule has 1 atom stereocenters. The average molecular weight is 405 g/mol. The molecule has 11 heteroatoms. The molecule has 4 N–H and O–H groups in total. The highest BCUT2D eigenvalue weighted by Crippen LogP contribution is 2.14. The van der Waals surface area contributed by atoms with Crippen LogP contribution in [0.1, 0.15) is 12.8 Å². The van der Waals surface area contributed by atoms with E-state index in [0.717, 1.165) is 4.47 Å². The molecule has 0 aromatic heterocycles. The Morgan fingerprint density at radius 2 is 1.87 bits per heavy atom. The zero-order valence-corrected chi connectivity index (χ0v) is 14.0. The predicted octanol–water partition coefficient (Wildman–Crippen LogP) is -0.253. The minimum absolute atomic E-state index is 0.0107. The molecule has 0 aliphatic carbocycles. The minimum atomic E-state index is -3.88. The fourth-order valence-electron chi connectivity index (χ4n) is 1.80. The molecule has 0 radical (unpaired) electrons. The molecular formula is C12H13BrN4O5S. The van der Waals surface area contributed by atoms with E-state index in [2.05, 4.69) is 26.7 Å². The van der Waals surface area contributed by atoms with Crippen LogP contribution in [0.15, 0.2) is 33.6 Å². The largest absolute Gasteiger partial charge is 0.326 e. The molecule has 0 saturated carbocycles. The second kappa shape index (κ2) is 7.06.